The second-order valence-electron chi connectivity index (χ2n) is 6.08. The minimum Gasteiger partial charge on any atom is -0.409 e. The third kappa shape index (κ3) is 3.47. The zero-order valence-corrected chi connectivity index (χ0v) is 11.8. The summed E-state index contributed by atoms with van der Waals surface area (Å²) < 4.78 is 0. The van der Waals surface area contributed by atoms with Crippen LogP contribution in [0.3, 0.4) is 0 Å². The molecule has 0 spiro atoms. The normalized spacial score (nSPS) is 20.4. The zero-order chi connectivity index (χ0) is 13.9. The molecule has 0 radical (unpaired) electrons. The quantitative estimate of drug-likeness (QED) is 0.380. The maximum atomic E-state index is 8.84. The first kappa shape index (κ1) is 13.9. The Hall–Kier alpha value is -1.55. The molecule has 1 aliphatic heterocycles. The van der Waals surface area contributed by atoms with E-state index in [9.17, 15) is 0 Å². The van der Waals surface area contributed by atoms with Crippen molar-refractivity contribution in [2.75, 3.05) is 13.1 Å². The molecule has 1 aromatic rings. The van der Waals surface area contributed by atoms with Crippen LogP contribution < -0.4 is 5.73 Å². The van der Waals surface area contributed by atoms with Gasteiger partial charge in [0.25, 0.3) is 0 Å². The molecule has 0 atom stereocenters. The second-order valence-corrected chi connectivity index (χ2v) is 6.08. The summed E-state index contributed by atoms with van der Waals surface area (Å²) in [5, 5.41) is 11.9. The summed E-state index contributed by atoms with van der Waals surface area (Å²) in [6.45, 7) is 7.74. The van der Waals surface area contributed by atoms with Gasteiger partial charge in [-0.25, -0.2) is 0 Å². The first-order valence-electron chi connectivity index (χ1n) is 6.80. The van der Waals surface area contributed by atoms with Gasteiger partial charge in [0.05, 0.1) is 0 Å². The Labute approximate surface area is 114 Å². The molecule has 4 heteroatoms. The number of piperidine rings is 1. The SMILES string of the molecule is CC1(C)CCN(Cc2ccccc2C(N)=NO)CC1. The maximum Gasteiger partial charge on any atom is 0.170 e. The van der Waals surface area contributed by atoms with Gasteiger partial charge in [-0.3, -0.25) is 4.90 Å². The number of oxime groups is 1. The molecule has 0 amide bonds. The highest BCUT2D eigenvalue weighted by molar-refractivity contribution is 5.98. The molecule has 19 heavy (non-hydrogen) atoms. The lowest BCUT2D eigenvalue weighted by atomic mass is 9.82. The highest BCUT2D eigenvalue weighted by Gasteiger charge is 2.25. The van der Waals surface area contributed by atoms with E-state index >= 15 is 0 Å². The van der Waals surface area contributed by atoms with Gasteiger partial charge in [0.15, 0.2) is 5.84 Å². The minimum absolute atomic E-state index is 0.188. The Morgan fingerprint density at radius 2 is 1.95 bits per heavy atom. The van der Waals surface area contributed by atoms with Crippen molar-refractivity contribution in [2.45, 2.75) is 33.2 Å². The van der Waals surface area contributed by atoms with Crippen molar-refractivity contribution >= 4 is 5.84 Å². The van der Waals surface area contributed by atoms with Crippen molar-refractivity contribution in [1.29, 1.82) is 0 Å². The molecule has 4 nitrogen and oxygen atoms in total. The molecule has 0 saturated carbocycles. The number of hydrogen-bond acceptors (Lipinski definition) is 3. The van der Waals surface area contributed by atoms with Crippen LogP contribution in [0.1, 0.15) is 37.8 Å². The van der Waals surface area contributed by atoms with Crippen molar-refractivity contribution in [1.82, 2.24) is 4.90 Å². The molecule has 0 bridgehead atoms. The highest BCUT2D eigenvalue weighted by Crippen LogP contribution is 2.30. The lowest BCUT2D eigenvalue weighted by molar-refractivity contribution is 0.127. The largest absolute Gasteiger partial charge is 0.409 e. The number of nitrogens with zero attached hydrogens (tertiary/aromatic N) is 2. The second kappa shape index (κ2) is 5.61. The van der Waals surface area contributed by atoms with Crippen molar-refractivity contribution in [3.63, 3.8) is 0 Å². The first-order valence-corrected chi connectivity index (χ1v) is 6.80. The fourth-order valence-electron chi connectivity index (χ4n) is 2.52. The van der Waals surface area contributed by atoms with Crippen LogP contribution in [0.2, 0.25) is 0 Å². The Morgan fingerprint density at radius 1 is 1.32 bits per heavy atom. The average Bonchev–Trinajstić information content (AvgIpc) is 2.41. The minimum atomic E-state index is 0.188. The topological polar surface area (TPSA) is 61.8 Å². The lowest BCUT2D eigenvalue weighted by Gasteiger charge is -2.37. The van der Waals surface area contributed by atoms with Gasteiger partial charge < -0.3 is 10.9 Å². The van der Waals surface area contributed by atoms with Crippen molar-refractivity contribution in [2.24, 2.45) is 16.3 Å². The third-order valence-electron chi connectivity index (χ3n) is 4.00. The van der Waals surface area contributed by atoms with Crippen LogP contribution in [-0.2, 0) is 6.54 Å². The summed E-state index contributed by atoms with van der Waals surface area (Å²) in [4.78, 5) is 2.44. The molecule has 1 aromatic carbocycles. The van der Waals surface area contributed by atoms with Gasteiger partial charge in [-0.05, 0) is 36.9 Å². The molecule has 2 rings (SSSR count). The number of hydrogen-bond donors (Lipinski definition) is 2. The van der Waals surface area contributed by atoms with Crippen LogP contribution in [0, 0.1) is 5.41 Å². The molecular formula is C15H23N3O. The predicted molar refractivity (Wildman–Crippen MR) is 77.2 cm³/mol. The first-order chi connectivity index (χ1) is 9.02. The van der Waals surface area contributed by atoms with E-state index in [1.165, 1.54) is 12.8 Å². The van der Waals surface area contributed by atoms with E-state index in [0.29, 0.717) is 5.41 Å². The molecule has 1 heterocycles. The van der Waals surface area contributed by atoms with E-state index in [2.05, 4.69) is 23.9 Å². The standard InChI is InChI=1S/C15H23N3O/c1-15(2)7-9-18(10-8-15)11-12-5-3-4-6-13(12)14(16)17-19/h3-6,19H,7-11H2,1-2H3,(H2,16,17). The Morgan fingerprint density at radius 3 is 2.58 bits per heavy atom. The van der Waals surface area contributed by atoms with Crippen LogP contribution >= 0.6 is 0 Å². The molecule has 1 fully saturated rings. The van der Waals surface area contributed by atoms with Gasteiger partial charge >= 0.3 is 0 Å². The summed E-state index contributed by atoms with van der Waals surface area (Å²) in [7, 11) is 0. The van der Waals surface area contributed by atoms with Gasteiger partial charge in [0.1, 0.15) is 0 Å². The fourth-order valence-corrected chi connectivity index (χ4v) is 2.52. The number of amidine groups is 1. The Balaban J connectivity index is 2.08. The monoisotopic (exact) mass is 261 g/mol. The van der Waals surface area contributed by atoms with Gasteiger partial charge in [0, 0.05) is 12.1 Å². The summed E-state index contributed by atoms with van der Waals surface area (Å²) >= 11 is 0. The van der Waals surface area contributed by atoms with Crippen molar-refractivity contribution in [3.8, 4) is 0 Å². The van der Waals surface area contributed by atoms with Gasteiger partial charge in [-0.15, -0.1) is 0 Å². The predicted octanol–water partition coefficient (Wildman–Crippen LogP) is 2.40. The molecule has 0 aliphatic carbocycles. The lowest BCUT2D eigenvalue weighted by Crippen LogP contribution is -2.37. The molecule has 3 N–H and O–H groups in total. The van der Waals surface area contributed by atoms with Gasteiger partial charge in [-0.1, -0.05) is 43.3 Å². The number of rotatable bonds is 3. The fraction of sp³-hybridized carbons (Fsp3) is 0.533. The van der Waals surface area contributed by atoms with Crippen molar-refractivity contribution < 1.29 is 5.21 Å². The maximum absolute atomic E-state index is 8.84. The Kier molecular flexibility index (Phi) is 4.10. The van der Waals surface area contributed by atoms with Crippen LogP contribution in [-0.4, -0.2) is 29.0 Å². The van der Waals surface area contributed by atoms with Crippen LogP contribution in [0.4, 0.5) is 0 Å². The smallest absolute Gasteiger partial charge is 0.170 e. The number of benzene rings is 1. The number of likely N-dealkylation sites (tertiary alicyclic amines) is 1. The zero-order valence-electron chi connectivity index (χ0n) is 11.8. The van der Waals surface area contributed by atoms with Gasteiger partial charge in [0.2, 0.25) is 0 Å². The average molecular weight is 261 g/mol. The summed E-state index contributed by atoms with van der Waals surface area (Å²) in [6.07, 6.45) is 2.44. The van der Waals surface area contributed by atoms with Crippen molar-refractivity contribution in [3.05, 3.63) is 35.4 Å². The summed E-state index contributed by atoms with van der Waals surface area (Å²) in [5.41, 5.74) is 8.14. The molecular weight excluding hydrogens is 238 g/mol. The number of nitrogens with two attached hydrogens (primary N) is 1. The van der Waals surface area contributed by atoms with Crippen LogP contribution in [0.5, 0.6) is 0 Å². The molecule has 104 valence electrons. The highest BCUT2D eigenvalue weighted by atomic mass is 16.4. The van der Waals surface area contributed by atoms with E-state index < -0.39 is 0 Å². The summed E-state index contributed by atoms with van der Waals surface area (Å²) in [6, 6.07) is 7.86. The molecule has 0 aromatic heterocycles. The summed E-state index contributed by atoms with van der Waals surface area (Å²) in [5.74, 6) is 0.188. The van der Waals surface area contributed by atoms with Gasteiger partial charge in [-0.2, -0.15) is 0 Å². The molecule has 1 saturated heterocycles. The van der Waals surface area contributed by atoms with E-state index in [0.717, 1.165) is 30.8 Å². The van der Waals surface area contributed by atoms with E-state index in [4.69, 9.17) is 10.9 Å². The van der Waals surface area contributed by atoms with Crippen LogP contribution in [0.25, 0.3) is 0 Å². The third-order valence-corrected chi connectivity index (χ3v) is 4.00. The Bertz CT molecular complexity index is 458. The molecule has 1 aliphatic rings. The van der Waals surface area contributed by atoms with E-state index in [1.807, 2.05) is 24.3 Å². The van der Waals surface area contributed by atoms with E-state index in [1.54, 1.807) is 0 Å². The molecule has 0 unspecified atom stereocenters. The van der Waals surface area contributed by atoms with Crippen LogP contribution in [0.15, 0.2) is 29.4 Å². The van der Waals surface area contributed by atoms with E-state index in [-0.39, 0.29) is 5.84 Å².